The summed E-state index contributed by atoms with van der Waals surface area (Å²) in [6, 6.07) is 5.74. The molecule has 0 bridgehead atoms. The van der Waals surface area contributed by atoms with Gasteiger partial charge in [-0.1, -0.05) is 13.3 Å². The molecule has 1 aromatic carbocycles. The van der Waals surface area contributed by atoms with E-state index in [0.29, 0.717) is 13.0 Å². The van der Waals surface area contributed by atoms with E-state index >= 15 is 0 Å². The van der Waals surface area contributed by atoms with E-state index in [1.807, 2.05) is 25.1 Å². The molecule has 6 nitrogen and oxygen atoms in total. The van der Waals surface area contributed by atoms with Crippen LogP contribution in [0.5, 0.6) is 0 Å². The fourth-order valence-corrected chi connectivity index (χ4v) is 3.35. The molecule has 2 heterocycles. The molecule has 0 spiro atoms. The van der Waals surface area contributed by atoms with Crippen molar-refractivity contribution in [2.45, 2.75) is 32.4 Å². The van der Waals surface area contributed by atoms with Gasteiger partial charge in [-0.05, 0) is 24.6 Å². The third-order valence-corrected chi connectivity index (χ3v) is 4.15. The van der Waals surface area contributed by atoms with Crippen molar-refractivity contribution < 1.29 is 17.0 Å². The Bertz CT molecular complexity index is 895. The Morgan fingerprint density at radius 3 is 2.91 bits per heavy atom. The highest BCUT2D eigenvalue weighted by Crippen LogP contribution is 2.26. The summed E-state index contributed by atoms with van der Waals surface area (Å²) in [6.07, 6.45) is 5.54. The Hall–Kier alpha value is -1.86. The Kier molecular flexibility index (Phi) is 3.92. The zero-order chi connectivity index (χ0) is 15.7. The normalized spacial score (nSPS) is 13.9. The minimum absolute atomic E-state index is 0.384. The van der Waals surface area contributed by atoms with E-state index in [0.717, 1.165) is 34.5 Å². The SMILES string of the molecule is CCCC(Cn1ncc2ccc3occc3c21)OS(C)(=O)=O. The minimum atomic E-state index is -3.49. The second-order valence-electron chi connectivity index (χ2n) is 5.37. The van der Waals surface area contributed by atoms with Crippen LogP contribution in [-0.4, -0.2) is 30.6 Å². The largest absolute Gasteiger partial charge is 0.464 e. The summed E-state index contributed by atoms with van der Waals surface area (Å²) in [5.74, 6) is 0. The quantitative estimate of drug-likeness (QED) is 0.652. The maximum Gasteiger partial charge on any atom is 0.264 e. The molecule has 2 aromatic heterocycles. The molecule has 7 heteroatoms. The topological polar surface area (TPSA) is 74.3 Å². The second-order valence-corrected chi connectivity index (χ2v) is 6.97. The molecule has 22 heavy (non-hydrogen) atoms. The first-order valence-corrected chi connectivity index (χ1v) is 8.99. The molecular weight excluding hydrogens is 304 g/mol. The summed E-state index contributed by atoms with van der Waals surface area (Å²) in [5.41, 5.74) is 1.72. The third-order valence-electron chi connectivity index (χ3n) is 3.53. The molecule has 0 radical (unpaired) electrons. The van der Waals surface area contributed by atoms with Gasteiger partial charge in [0.25, 0.3) is 10.1 Å². The van der Waals surface area contributed by atoms with E-state index in [9.17, 15) is 8.42 Å². The number of furan rings is 1. The van der Waals surface area contributed by atoms with Crippen LogP contribution in [0.25, 0.3) is 21.9 Å². The number of fused-ring (bicyclic) bond motifs is 3. The predicted octanol–water partition coefficient (Wildman–Crippen LogP) is 2.93. The summed E-state index contributed by atoms with van der Waals surface area (Å²) in [4.78, 5) is 0. The van der Waals surface area contributed by atoms with Crippen LogP contribution in [0.2, 0.25) is 0 Å². The van der Waals surface area contributed by atoms with Crippen LogP contribution in [0.3, 0.4) is 0 Å². The van der Waals surface area contributed by atoms with Gasteiger partial charge in [0.1, 0.15) is 5.58 Å². The second kappa shape index (κ2) is 5.73. The summed E-state index contributed by atoms with van der Waals surface area (Å²) >= 11 is 0. The Morgan fingerprint density at radius 1 is 1.36 bits per heavy atom. The molecule has 0 aliphatic heterocycles. The summed E-state index contributed by atoms with van der Waals surface area (Å²) in [6.45, 7) is 2.38. The molecule has 0 aliphatic rings. The monoisotopic (exact) mass is 322 g/mol. The van der Waals surface area contributed by atoms with E-state index in [4.69, 9.17) is 8.60 Å². The van der Waals surface area contributed by atoms with Gasteiger partial charge in [-0.3, -0.25) is 8.86 Å². The van der Waals surface area contributed by atoms with Gasteiger partial charge >= 0.3 is 0 Å². The fraction of sp³-hybridized carbons (Fsp3) is 0.400. The smallest absolute Gasteiger partial charge is 0.264 e. The maximum absolute atomic E-state index is 11.4. The highest BCUT2D eigenvalue weighted by atomic mass is 32.2. The summed E-state index contributed by atoms with van der Waals surface area (Å²) < 4.78 is 35.2. The van der Waals surface area contributed by atoms with Crippen molar-refractivity contribution in [1.29, 1.82) is 0 Å². The molecule has 0 amide bonds. The Balaban J connectivity index is 1.99. The van der Waals surface area contributed by atoms with E-state index in [-0.39, 0.29) is 0 Å². The van der Waals surface area contributed by atoms with Gasteiger partial charge in [-0.15, -0.1) is 0 Å². The number of rotatable bonds is 6. The van der Waals surface area contributed by atoms with Crippen LogP contribution in [0.15, 0.2) is 35.1 Å². The van der Waals surface area contributed by atoms with Crippen molar-refractivity contribution in [3.63, 3.8) is 0 Å². The third kappa shape index (κ3) is 3.00. The first-order chi connectivity index (χ1) is 10.5. The van der Waals surface area contributed by atoms with Gasteiger partial charge in [-0.25, -0.2) is 0 Å². The van der Waals surface area contributed by atoms with E-state index in [2.05, 4.69) is 5.10 Å². The molecule has 0 aliphatic carbocycles. The molecule has 3 rings (SSSR count). The molecule has 0 fully saturated rings. The van der Waals surface area contributed by atoms with Gasteiger partial charge in [0.15, 0.2) is 0 Å². The molecule has 0 N–H and O–H groups in total. The highest BCUT2D eigenvalue weighted by Gasteiger charge is 2.18. The summed E-state index contributed by atoms with van der Waals surface area (Å²) in [7, 11) is -3.49. The van der Waals surface area contributed by atoms with E-state index in [1.54, 1.807) is 17.1 Å². The summed E-state index contributed by atoms with van der Waals surface area (Å²) in [5, 5.41) is 6.33. The molecular formula is C15H18N2O4S. The van der Waals surface area contributed by atoms with Gasteiger partial charge < -0.3 is 4.42 Å². The van der Waals surface area contributed by atoms with Crippen molar-refractivity contribution in [1.82, 2.24) is 9.78 Å². The van der Waals surface area contributed by atoms with E-state index in [1.165, 1.54) is 0 Å². The molecule has 1 unspecified atom stereocenters. The number of hydrogen-bond donors (Lipinski definition) is 0. The number of hydrogen-bond acceptors (Lipinski definition) is 5. The van der Waals surface area contributed by atoms with Crippen molar-refractivity contribution in [2.24, 2.45) is 0 Å². The van der Waals surface area contributed by atoms with Crippen LogP contribution in [0, 0.1) is 0 Å². The first-order valence-electron chi connectivity index (χ1n) is 7.18. The average Bonchev–Trinajstić information content (AvgIpc) is 3.02. The Labute approximate surface area is 128 Å². The lowest BCUT2D eigenvalue weighted by Gasteiger charge is -2.16. The van der Waals surface area contributed by atoms with Gasteiger partial charge in [-0.2, -0.15) is 13.5 Å². The highest BCUT2D eigenvalue weighted by molar-refractivity contribution is 7.86. The van der Waals surface area contributed by atoms with Gasteiger partial charge in [0, 0.05) is 10.8 Å². The van der Waals surface area contributed by atoms with Crippen LogP contribution in [-0.2, 0) is 20.8 Å². The molecule has 1 atom stereocenters. The lowest BCUT2D eigenvalue weighted by atomic mass is 10.2. The van der Waals surface area contributed by atoms with Crippen LogP contribution < -0.4 is 0 Å². The van der Waals surface area contributed by atoms with E-state index < -0.39 is 16.2 Å². The number of benzene rings is 1. The zero-order valence-electron chi connectivity index (χ0n) is 12.5. The maximum atomic E-state index is 11.4. The van der Waals surface area contributed by atoms with Crippen molar-refractivity contribution in [2.75, 3.05) is 6.26 Å². The predicted molar refractivity (Wildman–Crippen MR) is 84.1 cm³/mol. The average molecular weight is 322 g/mol. The number of aromatic nitrogens is 2. The van der Waals surface area contributed by atoms with Gasteiger partial charge in [0.2, 0.25) is 0 Å². The Morgan fingerprint density at radius 2 is 2.18 bits per heavy atom. The lowest BCUT2D eigenvalue weighted by molar-refractivity contribution is 0.175. The van der Waals surface area contributed by atoms with Crippen molar-refractivity contribution in [3.05, 3.63) is 30.7 Å². The molecule has 3 aromatic rings. The molecule has 118 valence electrons. The van der Waals surface area contributed by atoms with Crippen LogP contribution in [0.1, 0.15) is 19.8 Å². The minimum Gasteiger partial charge on any atom is -0.464 e. The van der Waals surface area contributed by atoms with Crippen molar-refractivity contribution in [3.8, 4) is 0 Å². The molecule has 0 saturated heterocycles. The standard InChI is InChI=1S/C15H18N2O4S/c1-3-4-12(21-22(2,18)19)10-17-15-11(9-16-17)5-6-14-13(15)7-8-20-14/h5-9,12H,3-4,10H2,1-2H3. The molecule has 0 saturated carbocycles. The number of nitrogens with zero attached hydrogens (tertiary/aromatic N) is 2. The van der Waals surface area contributed by atoms with Crippen LogP contribution in [0.4, 0.5) is 0 Å². The lowest BCUT2D eigenvalue weighted by Crippen LogP contribution is -2.23. The van der Waals surface area contributed by atoms with Crippen molar-refractivity contribution >= 4 is 32.0 Å². The fourth-order valence-electron chi connectivity index (χ4n) is 2.70. The van der Waals surface area contributed by atoms with Crippen LogP contribution >= 0.6 is 0 Å². The zero-order valence-corrected chi connectivity index (χ0v) is 13.3. The van der Waals surface area contributed by atoms with Gasteiger partial charge in [0.05, 0.1) is 36.9 Å². The first kappa shape index (κ1) is 15.1.